The van der Waals surface area contributed by atoms with Crippen LogP contribution in [0.5, 0.6) is 0 Å². The van der Waals surface area contributed by atoms with Gasteiger partial charge in [-0.3, -0.25) is 9.59 Å². The van der Waals surface area contributed by atoms with Gasteiger partial charge in [0.05, 0.1) is 24.3 Å². The maximum absolute atomic E-state index is 12.6. The van der Waals surface area contributed by atoms with E-state index in [1.54, 1.807) is 0 Å². The number of carboxylic acid groups (broad SMARTS) is 1. The zero-order valence-corrected chi connectivity index (χ0v) is 15.0. The molecule has 5 N–H and O–H groups in total. The number of rotatable bonds is 4. The van der Waals surface area contributed by atoms with Crippen molar-refractivity contribution in [3.8, 4) is 0 Å². The molecule has 0 aromatic heterocycles. The molecule has 0 radical (unpaired) electrons. The molecule has 1 saturated heterocycles. The number of carbonyl (C=O) groups is 3. The minimum atomic E-state index is -5.08. The Hall–Kier alpha value is -2.87. The Labute approximate surface area is 165 Å². The Morgan fingerprint density at radius 3 is 2.17 bits per heavy atom. The number of aliphatic hydroxyl groups excluding tert-OH is 1. The number of hydrogen-bond donors (Lipinski definition) is 5. The summed E-state index contributed by atoms with van der Waals surface area (Å²) in [5, 5.41) is 24.3. The molecule has 0 saturated carbocycles. The van der Waals surface area contributed by atoms with Crippen LogP contribution in [0.25, 0.3) is 0 Å². The van der Waals surface area contributed by atoms with E-state index in [-0.39, 0.29) is 5.56 Å². The Morgan fingerprint density at radius 2 is 1.70 bits per heavy atom. The molecular weight excluding hydrogens is 428 g/mol. The summed E-state index contributed by atoms with van der Waals surface area (Å²) in [6, 6.07) is 3.48. The summed E-state index contributed by atoms with van der Waals surface area (Å²) in [5.41, 5.74) is -1.12. The van der Waals surface area contributed by atoms with Crippen molar-refractivity contribution in [2.45, 2.75) is 24.5 Å². The van der Waals surface area contributed by atoms with E-state index in [1.165, 1.54) is 6.07 Å². The summed E-state index contributed by atoms with van der Waals surface area (Å²) in [6.45, 7) is 0.383. The molecule has 30 heavy (non-hydrogen) atoms. The van der Waals surface area contributed by atoms with Crippen LogP contribution >= 0.6 is 0 Å². The van der Waals surface area contributed by atoms with E-state index in [0.717, 1.165) is 18.2 Å². The maximum atomic E-state index is 12.6. The fourth-order valence-corrected chi connectivity index (χ4v) is 2.17. The molecule has 2 amide bonds. The first kappa shape index (κ1) is 25.2. The van der Waals surface area contributed by atoms with Gasteiger partial charge in [0, 0.05) is 18.7 Å². The largest absolute Gasteiger partial charge is 0.490 e. The highest BCUT2D eigenvalue weighted by molar-refractivity contribution is 5.96. The SMILES string of the molecule is O=C(CNC(=O)c1cccc(C(F)(F)F)c1)N[C@H]1CNC[C@@H]1O.O=C(O)C(F)(F)F. The van der Waals surface area contributed by atoms with Crippen molar-refractivity contribution < 1.29 is 50.9 Å². The first-order chi connectivity index (χ1) is 13.7. The first-order valence-electron chi connectivity index (χ1n) is 8.15. The van der Waals surface area contributed by atoms with E-state index >= 15 is 0 Å². The van der Waals surface area contributed by atoms with Gasteiger partial charge < -0.3 is 26.2 Å². The normalized spacial score (nSPS) is 18.8. The lowest BCUT2D eigenvalue weighted by Crippen LogP contribution is -2.46. The number of carboxylic acids is 1. The summed E-state index contributed by atoms with van der Waals surface area (Å²) in [5.74, 6) is -4.07. The Morgan fingerprint density at radius 1 is 1.10 bits per heavy atom. The average molecular weight is 445 g/mol. The van der Waals surface area contributed by atoms with Gasteiger partial charge in [0.2, 0.25) is 5.91 Å². The maximum Gasteiger partial charge on any atom is 0.490 e. The zero-order chi connectivity index (χ0) is 23.1. The molecule has 14 heteroatoms. The summed E-state index contributed by atoms with van der Waals surface area (Å²) in [4.78, 5) is 32.4. The number of hydrogen-bond acceptors (Lipinski definition) is 5. The molecule has 0 unspecified atom stereocenters. The minimum absolute atomic E-state index is 0.185. The number of benzene rings is 1. The number of carbonyl (C=O) groups excluding carboxylic acids is 2. The van der Waals surface area contributed by atoms with Gasteiger partial charge in [0.25, 0.3) is 5.91 Å². The van der Waals surface area contributed by atoms with Crippen LogP contribution in [-0.4, -0.2) is 66.0 Å². The third kappa shape index (κ3) is 8.24. The second kappa shape index (κ2) is 10.2. The molecule has 1 fully saturated rings. The van der Waals surface area contributed by atoms with Crippen LogP contribution in [-0.2, 0) is 15.8 Å². The van der Waals surface area contributed by atoms with Gasteiger partial charge in [-0.2, -0.15) is 26.3 Å². The summed E-state index contributed by atoms with van der Waals surface area (Å²) in [6.07, 6.45) is -10.3. The Kier molecular flexibility index (Phi) is 8.60. The number of amides is 2. The van der Waals surface area contributed by atoms with E-state index in [2.05, 4.69) is 16.0 Å². The molecule has 1 aromatic rings. The van der Waals surface area contributed by atoms with Crippen LogP contribution < -0.4 is 16.0 Å². The second-order valence-electron chi connectivity index (χ2n) is 5.96. The molecule has 2 atom stereocenters. The van der Waals surface area contributed by atoms with Crippen molar-refractivity contribution in [3.05, 3.63) is 35.4 Å². The van der Waals surface area contributed by atoms with Crippen LogP contribution in [0.3, 0.4) is 0 Å². The predicted molar refractivity (Wildman–Crippen MR) is 88.3 cm³/mol. The lowest BCUT2D eigenvalue weighted by molar-refractivity contribution is -0.192. The van der Waals surface area contributed by atoms with Crippen molar-refractivity contribution in [2.24, 2.45) is 0 Å². The van der Waals surface area contributed by atoms with Crippen molar-refractivity contribution in [1.82, 2.24) is 16.0 Å². The molecule has 2 rings (SSSR count). The van der Waals surface area contributed by atoms with Crippen LogP contribution in [0.4, 0.5) is 26.3 Å². The fourth-order valence-electron chi connectivity index (χ4n) is 2.17. The van der Waals surface area contributed by atoms with Crippen LogP contribution in [0.15, 0.2) is 24.3 Å². The quantitative estimate of drug-likeness (QED) is 0.430. The van der Waals surface area contributed by atoms with Crippen LogP contribution in [0.2, 0.25) is 0 Å². The molecule has 0 aliphatic carbocycles. The van der Waals surface area contributed by atoms with Gasteiger partial charge in [-0.05, 0) is 18.2 Å². The third-order valence-electron chi connectivity index (χ3n) is 3.63. The van der Waals surface area contributed by atoms with Gasteiger partial charge in [0.15, 0.2) is 0 Å². The number of alkyl halides is 6. The molecule has 1 aliphatic heterocycles. The van der Waals surface area contributed by atoms with Crippen molar-refractivity contribution in [2.75, 3.05) is 19.6 Å². The van der Waals surface area contributed by atoms with Gasteiger partial charge in [-0.15, -0.1) is 0 Å². The second-order valence-corrected chi connectivity index (χ2v) is 5.96. The number of β-amino-alcohol motifs (C(OH)–C–C–N with tert-alkyl or cyclic N) is 1. The summed E-state index contributed by atoms with van der Waals surface area (Å²) in [7, 11) is 0. The van der Waals surface area contributed by atoms with Crippen molar-refractivity contribution in [3.63, 3.8) is 0 Å². The lowest BCUT2D eigenvalue weighted by atomic mass is 10.1. The molecule has 0 spiro atoms. The molecule has 168 valence electrons. The molecular formula is C16H17F6N3O5. The lowest BCUT2D eigenvalue weighted by Gasteiger charge is -2.15. The summed E-state index contributed by atoms with van der Waals surface area (Å²) < 4.78 is 69.5. The minimum Gasteiger partial charge on any atom is -0.475 e. The topological polar surface area (TPSA) is 128 Å². The van der Waals surface area contributed by atoms with Crippen LogP contribution in [0.1, 0.15) is 15.9 Å². The Balaban J connectivity index is 0.000000553. The molecule has 8 nitrogen and oxygen atoms in total. The van der Waals surface area contributed by atoms with Gasteiger partial charge in [0.1, 0.15) is 0 Å². The highest BCUT2D eigenvalue weighted by atomic mass is 19.4. The zero-order valence-electron chi connectivity index (χ0n) is 15.0. The predicted octanol–water partition coefficient (Wildman–Crippen LogP) is 0.517. The summed E-state index contributed by atoms with van der Waals surface area (Å²) >= 11 is 0. The van der Waals surface area contributed by atoms with Crippen molar-refractivity contribution >= 4 is 17.8 Å². The van der Waals surface area contributed by atoms with E-state index in [9.17, 15) is 41.0 Å². The number of halogens is 6. The van der Waals surface area contributed by atoms with Crippen LogP contribution in [0, 0.1) is 0 Å². The number of aliphatic hydroxyl groups is 1. The Bertz CT molecular complexity index is 768. The number of nitrogens with one attached hydrogen (secondary N) is 3. The van der Waals surface area contributed by atoms with E-state index in [1.807, 2.05) is 0 Å². The highest BCUT2D eigenvalue weighted by Gasteiger charge is 2.38. The molecule has 0 bridgehead atoms. The monoisotopic (exact) mass is 445 g/mol. The van der Waals surface area contributed by atoms with E-state index < -0.39 is 54.4 Å². The fraction of sp³-hybridized carbons (Fsp3) is 0.438. The average Bonchev–Trinajstić information content (AvgIpc) is 3.03. The number of aliphatic carboxylic acids is 1. The highest BCUT2D eigenvalue weighted by Crippen LogP contribution is 2.29. The van der Waals surface area contributed by atoms with Gasteiger partial charge in [-0.1, -0.05) is 6.07 Å². The molecule has 1 heterocycles. The molecule has 1 aliphatic rings. The van der Waals surface area contributed by atoms with E-state index in [4.69, 9.17) is 9.90 Å². The van der Waals surface area contributed by atoms with Gasteiger partial charge in [-0.25, -0.2) is 4.79 Å². The third-order valence-corrected chi connectivity index (χ3v) is 3.63. The standard InChI is InChI=1S/C14H16F3N3O3.C2HF3O2/c15-14(16,17)9-3-1-2-8(4-9)13(23)19-7-12(22)20-10-5-18-6-11(10)21;3-2(4,5)1(6)7/h1-4,10-11,18,21H,5-7H2,(H,19,23)(H,20,22);(H,6,7)/t10-,11-;/m0./s1. The molecule has 1 aromatic carbocycles. The van der Waals surface area contributed by atoms with Crippen molar-refractivity contribution in [1.29, 1.82) is 0 Å². The smallest absolute Gasteiger partial charge is 0.475 e. The first-order valence-corrected chi connectivity index (χ1v) is 8.15. The van der Waals surface area contributed by atoms with E-state index in [0.29, 0.717) is 13.1 Å². The van der Waals surface area contributed by atoms with Gasteiger partial charge >= 0.3 is 18.3 Å².